The number of hydrogen-bond donors (Lipinski definition) is 2. The van der Waals surface area contributed by atoms with E-state index < -0.39 is 23.2 Å². The summed E-state index contributed by atoms with van der Waals surface area (Å²) in [5, 5.41) is 10.4. The summed E-state index contributed by atoms with van der Waals surface area (Å²) < 4.78 is 40.8. The maximum Gasteiger partial charge on any atom is 0.418 e. The summed E-state index contributed by atoms with van der Waals surface area (Å²) in [4.78, 5) is 25.1. The van der Waals surface area contributed by atoms with Crippen LogP contribution in [-0.2, 0) is 11.0 Å². The molecule has 158 valence electrons. The smallest absolute Gasteiger partial charge is 0.382 e. The number of rotatable bonds is 1. The van der Waals surface area contributed by atoms with Gasteiger partial charge >= 0.3 is 6.18 Å². The van der Waals surface area contributed by atoms with Gasteiger partial charge in [0.15, 0.2) is 5.82 Å². The highest BCUT2D eigenvalue weighted by atomic mass is 19.4. The molecule has 3 heterocycles. The summed E-state index contributed by atoms with van der Waals surface area (Å²) >= 11 is 0. The molecule has 1 amide bonds. The molecule has 0 radical (unpaired) electrons. The van der Waals surface area contributed by atoms with E-state index in [4.69, 9.17) is 5.73 Å². The van der Waals surface area contributed by atoms with Gasteiger partial charge in [-0.25, -0.2) is 15.0 Å². The van der Waals surface area contributed by atoms with Crippen LogP contribution in [0.5, 0.6) is 0 Å². The Morgan fingerprint density at radius 2 is 2.00 bits per heavy atom. The fraction of sp³-hybridized carbons (Fsp3) is 0.238. The van der Waals surface area contributed by atoms with Crippen molar-refractivity contribution < 1.29 is 23.1 Å². The summed E-state index contributed by atoms with van der Waals surface area (Å²) in [5.74, 6) is 4.66. The van der Waals surface area contributed by atoms with Gasteiger partial charge in [0.1, 0.15) is 17.4 Å². The topological polar surface area (TPSA) is 105 Å². The molecule has 1 fully saturated rings. The van der Waals surface area contributed by atoms with E-state index in [9.17, 15) is 23.1 Å². The first kappa shape index (κ1) is 20.6. The summed E-state index contributed by atoms with van der Waals surface area (Å²) in [6.07, 6.45) is -3.54. The lowest BCUT2D eigenvalue weighted by molar-refractivity contribution is -0.137. The van der Waals surface area contributed by atoms with Gasteiger partial charge in [0, 0.05) is 31.1 Å². The Kier molecular flexibility index (Phi) is 4.78. The van der Waals surface area contributed by atoms with E-state index in [-0.39, 0.29) is 29.0 Å². The van der Waals surface area contributed by atoms with E-state index in [0.717, 1.165) is 12.4 Å². The van der Waals surface area contributed by atoms with Gasteiger partial charge < -0.3 is 15.7 Å². The summed E-state index contributed by atoms with van der Waals surface area (Å²) in [7, 11) is 1.57. The second-order valence-electron chi connectivity index (χ2n) is 7.18. The van der Waals surface area contributed by atoms with Gasteiger partial charge in [0.2, 0.25) is 5.60 Å². The molecule has 4 rings (SSSR count). The van der Waals surface area contributed by atoms with E-state index in [1.54, 1.807) is 25.2 Å². The lowest BCUT2D eigenvalue weighted by Gasteiger charge is -2.13. The summed E-state index contributed by atoms with van der Waals surface area (Å²) in [5.41, 5.74) is 3.21. The number of benzene rings is 1. The van der Waals surface area contributed by atoms with Gasteiger partial charge in [0.25, 0.3) is 5.91 Å². The van der Waals surface area contributed by atoms with Gasteiger partial charge in [-0.05, 0) is 18.2 Å². The average molecular weight is 427 g/mol. The standard InChI is InChI=1S/C21H16F3N5O2/c1-29-8-7-20(31,19(29)30)6-5-12-3-2-4-13(9-12)15-10-14(21(22,23)24)16-17(28-15)18(25)27-11-26-16/h2-4,9-11,31H,7-8H2,1H3,(H2,25,26,27)/t20-/m0/s1. The number of nitrogens with zero attached hydrogens (tertiary/aromatic N) is 4. The predicted molar refractivity (Wildman–Crippen MR) is 106 cm³/mol. The Morgan fingerprint density at radius 1 is 1.23 bits per heavy atom. The minimum Gasteiger partial charge on any atom is -0.382 e. The maximum absolute atomic E-state index is 13.6. The number of anilines is 1. The third-order valence-electron chi connectivity index (χ3n) is 5.01. The number of carbonyl (C=O) groups is 1. The minimum atomic E-state index is -4.67. The van der Waals surface area contributed by atoms with E-state index in [1.165, 1.54) is 11.0 Å². The first-order chi connectivity index (χ1) is 14.6. The van der Waals surface area contributed by atoms with Crippen LogP contribution in [0, 0.1) is 11.8 Å². The number of nitrogen functional groups attached to an aromatic ring is 1. The molecule has 2 aromatic heterocycles. The van der Waals surface area contributed by atoms with E-state index in [2.05, 4.69) is 26.8 Å². The molecule has 3 N–H and O–H groups in total. The third kappa shape index (κ3) is 3.75. The molecule has 3 aromatic rings. The number of halogens is 3. The lowest BCUT2D eigenvalue weighted by atomic mass is 10.0. The van der Waals surface area contributed by atoms with Crippen LogP contribution in [-0.4, -0.2) is 50.1 Å². The lowest BCUT2D eigenvalue weighted by Crippen LogP contribution is -2.37. The molecule has 1 atom stereocenters. The van der Waals surface area contributed by atoms with Crippen molar-refractivity contribution >= 4 is 22.8 Å². The average Bonchev–Trinajstić information content (AvgIpc) is 2.99. The SMILES string of the molecule is CN1CC[C@@](O)(C#Cc2cccc(-c3cc(C(F)(F)F)c4ncnc(N)c4n3)c2)C1=O. The quantitative estimate of drug-likeness (QED) is 0.577. The van der Waals surface area contributed by atoms with Crippen LogP contribution in [0.15, 0.2) is 36.7 Å². The second-order valence-corrected chi connectivity index (χ2v) is 7.18. The Balaban J connectivity index is 1.80. The summed E-state index contributed by atoms with van der Waals surface area (Å²) in [6, 6.07) is 7.20. The number of aliphatic hydroxyl groups is 1. The van der Waals surface area contributed by atoms with Crippen LogP contribution in [0.2, 0.25) is 0 Å². The number of hydrogen-bond acceptors (Lipinski definition) is 6. The zero-order valence-electron chi connectivity index (χ0n) is 16.2. The Hall–Kier alpha value is -3.71. The van der Waals surface area contributed by atoms with Crippen LogP contribution in [0.4, 0.5) is 19.0 Å². The molecule has 7 nitrogen and oxygen atoms in total. The molecule has 0 aliphatic carbocycles. The van der Waals surface area contributed by atoms with E-state index in [0.29, 0.717) is 17.7 Å². The molecule has 1 aliphatic heterocycles. The summed E-state index contributed by atoms with van der Waals surface area (Å²) in [6.45, 7) is 0.384. The molecule has 1 saturated heterocycles. The molecule has 31 heavy (non-hydrogen) atoms. The second kappa shape index (κ2) is 7.21. The van der Waals surface area contributed by atoms with Crippen LogP contribution < -0.4 is 5.73 Å². The van der Waals surface area contributed by atoms with Crippen molar-refractivity contribution in [3.8, 4) is 23.1 Å². The van der Waals surface area contributed by atoms with Crippen molar-refractivity contribution in [1.82, 2.24) is 19.9 Å². The Bertz CT molecular complexity index is 1270. The molecule has 0 saturated carbocycles. The fourth-order valence-electron chi connectivity index (χ4n) is 3.32. The van der Waals surface area contributed by atoms with Crippen molar-refractivity contribution in [2.24, 2.45) is 0 Å². The molecule has 10 heteroatoms. The molecular formula is C21H16F3N5O2. The predicted octanol–water partition coefficient (Wildman–Crippen LogP) is 2.24. The fourth-order valence-corrected chi connectivity index (χ4v) is 3.32. The minimum absolute atomic E-state index is 0.0142. The number of likely N-dealkylation sites (N-methyl/N-ethyl adjacent to an activating group) is 1. The first-order valence-corrected chi connectivity index (χ1v) is 9.18. The van der Waals surface area contributed by atoms with E-state index >= 15 is 0 Å². The van der Waals surface area contributed by atoms with Crippen molar-refractivity contribution in [3.63, 3.8) is 0 Å². The Morgan fingerprint density at radius 3 is 2.68 bits per heavy atom. The highest BCUT2D eigenvalue weighted by Crippen LogP contribution is 2.36. The number of fused-ring (bicyclic) bond motifs is 1. The van der Waals surface area contributed by atoms with Crippen LogP contribution in [0.3, 0.4) is 0 Å². The maximum atomic E-state index is 13.6. The number of aromatic nitrogens is 3. The zero-order valence-corrected chi connectivity index (χ0v) is 16.2. The molecule has 0 unspecified atom stereocenters. The van der Waals surface area contributed by atoms with Gasteiger partial charge in [0.05, 0.1) is 11.3 Å². The zero-order chi connectivity index (χ0) is 22.4. The Labute approximate surface area is 174 Å². The van der Waals surface area contributed by atoms with Crippen molar-refractivity contribution in [2.75, 3.05) is 19.3 Å². The number of carbonyl (C=O) groups excluding carboxylic acids is 1. The molecule has 1 aromatic carbocycles. The van der Waals surface area contributed by atoms with Crippen molar-refractivity contribution in [3.05, 3.63) is 47.8 Å². The monoisotopic (exact) mass is 427 g/mol. The normalized spacial score (nSPS) is 18.9. The number of alkyl halides is 3. The molecule has 0 bridgehead atoms. The number of amides is 1. The van der Waals surface area contributed by atoms with Crippen LogP contribution >= 0.6 is 0 Å². The van der Waals surface area contributed by atoms with E-state index in [1.807, 2.05) is 0 Å². The molecule has 1 aliphatic rings. The molecular weight excluding hydrogens is 411 g/mol. The third-order valence-corrected chi connectivity index (χ3v) is 5.01. The van der Waals surface area contributed by atoms with Crippen molar-refractivity contribution in [1.29, 1.82) is 0 Å². The number of pyridine rings is 1. The highest BCUT2D eigenvalue weighted by Gasteiger charge is 2.42. The highest BCUT2D eigenvalue weighted by molar-refractivity contribution is 5.91. The molecule has 0 spiro atoms. The first-order valence-electron chi connectivity index (χ1n) is 9.18. The van der Waals surface area contributed by atoms with Gasteiger partial charge in [-0.2, -0.15) is 13.2 Å². The number of likely N-dealkylation sites (tertiary alicyclic amines) is 1. The largest absolute Gasteiger partial charge is 0.418 e. The van der Waals surface area contributed by atoms with Crippen molar-refractivity contribution in [2.45, 2.75) is 18.2 Å². The van der Waals surface area contributed by atoms with Gasteiger partial charge in [-0.1, -0.05) is 24.0 Å². The van der Waals surface area contributed by atoms with Gasteiger partial charge in [-0.15, -0.1) is 0 Å². The van der Waals surface area contributed by atoms with Crippen LogP contribution in [0.1, 0.15) is 17.5 Å². The van der Waals surface area contributed by atoms with Crippen LogP contribution in [0.25, 0.3) is 22.3 Å². The number of nitrogens with two attached hydrogens (primary N) is 1. The van der Waals surface area contributed by atoms with Gasteiger partial charge in [-0.3, -0.25) is 4.79 Å².